The first-order chi connectivity index (χ1) is 6.80. The SMILES string of the molecule is NOCc1cccc(C2(CO)CC2)c1. The van der Waals surface area contributed by atoms with E-state index in [0.29, 0.717) is 6.61 Å². The van der Waals surface area contributed by atoms with Crippen LogP contribution in [0.25, 0.3) is 0 Å². The lowest BCUT2D eigenvalue weighted by Gasteiger charge is -2.12. The lowest BCUT2D eigenvalue weighted by Crippen LogP contribution is -2.12. The predicted octanol–water partition coefficient (Wildman–Crippen LogP) is 1.10. The first-order valence-corrected chi connectivity index (χ1v) is 4.83. The van der Waals surface area contributed by atoms with Gasteiger partial charge in [0.2, 0.25) is 0 Å². The number of rotatable bonds is 4. The topological polar surface area (TPSA) is 55.5 Å². The smallest absolute Gasteiger partial charge is 0.0930 e. The Morgan fingerprint density at radius 2 is 2.21 bits per heavy atom. The molecule has 3 heteroatoms. The third-order valence-corrected chi connectivity index (χ3v) is 2.95. The van der Waals surface area contributed by atoms with Gasteiger partial charge in [0, 0.05) is 5.41 Å². The molecule has 0 saturated heterocycles. The van der Waals surface area contributed by atoms with Crippen molar-refractivity contribution in [2.75, 3.05) is 6.61 Å². The van der Waals surface area contributed by atoms with Crippen LogP contribution in [0.1, 0.15) is 24.0 Å². The molecule has 1 aliphatic rings. The molecule has 3 nitrogen and oxygen atoms in total. The largest absolute Gasteiger partial charge is 0.395 e. The maximum absolute atomic E-state index is 9.27. The van der Waals surface area contributed by atoms with Crippen molar-refractivity contribution in [3.8, 4) is 0 Å². The van der Waals surface area contributed by atoms with Crippen molar-refractivity contribution in [2.45, 2.75) is 24.9 Å². The monoisotopic (exact) mass is 193 g/mol. The van der Waals surface area contributed by atoms with Crippen LogP contribution in [0.5, 0.6) is 0 Å². The van der Waals surface area contributed by atoms with Crippen molar-refractivity contribution in [3.05, 3.63) is 35.4 Å². The normalized spacial score (nSPS) is 18.1. The van der Waals surface area contributed by atoms with E-state index in [0.717, 1.165) is 18.4 Å². The summed E-state index contributed by atoms with van der Waals surface area (Å²) in [6.07, 6.45) is 2.16. The minimum absolute atomic E-state index is 0.0323. The van der Waals surface area contributed by atoms with E-state index in [-0.39, 0.29) is 12.0 Å². The second kappa shape index (κ2) is 3.69. The fourth-order valence-electron chi connectivity index (χ4n) is 1.78. The number of hydrogen-bond donors (Lipinski definition) is 2. The van der Waals surface area contributed by atoms with Crippen LogP contribution in [0.3, 0.4) is 0 Å². The summed E-state index contributed by atoms with van der Waals surface area (Å²) >= 11 is 0. The lowest BCUT2D eigenvalue weighted by atomic mass is 9.95. The molecule has 0 amide bonds. The number of hydrogen-bond acceptors (Lipinski definition) is 3. The van der Waals surface area contributed by atoms with Crippen molar-refractivity contribution in [1.29, 1.82) is 0 Å². The lowest BCUT2D eigenvalue weighted by molar-refractivity contribution is 0.124. The third kappa shape index (κ3) is 1.66. The number of nitrogens with two attached hydrogens (primary N) is 1. The summed E-state index contributed by atoms with van der Waals surface area (Å²) in [7, 11) is 0. The molecule has 0 radical (unpaired) electrons. The minimum atomic E-state index is 0.0323. The van der Waals surface area contributed by atoms with Crippen LogP contribution < -0.4 is 5.90 Å². The second-order valence-electron chi connectivity index (χ2n) is 3.95. The van der Waals surface area contributed by atoms with Gasteiger partial charge in [-0.2, -0.15) is 0 Å². The van der Waals surface area contributed by atoms with Gasteiger partial charge in [-0.05, 0) is 24.0 Å². The average Bonchev–Trinajstić information content (AvgIpc) is 2.99. The Morgan fingerprint density at radius 3 is 2.79 bits per heavy atom. The Labute approximate surface area is 83.5 Å². The van der Waals surface area contributed by atoms with E-state index < -0.39 is 0 Å². The summed E-state index contributed by atoms with van der Waals surface area (Å²) in [5, 5.41) is 9.27. The van der Waals surface area contributed by atoms with Crippen molar-refractivity contribution in [2.24, 2.45) is 5.90 Å². The minimum Gasteiger partial charge on any atom is -0.395 e. The number of benzene rings is 1. The summed E-state index contributed by atoms with van der Waals surface area (Å²) < 4.78 is 0. The molecule has 1 aliphatic carbocycles. The molecule has 2 rings (SSSR count). The first kappa shape index (κ1) is 9.65. The van der Waals surface area contributed by atoms with Gasteiger partial charge in [-0.25, -0.2) is 5.90 Å². The molecule has 0 unspecified atom stereocenters. The fourth-order valence-corrected chi connectivity index (χ4v) is 1.78. The maximum Gasteiger partial charge on any atom is 0.0930 e. The Bertz CT molecular complexity index is 321. The summed E-state index contributed by atoms with van der Waals surface area (Å²) in [6.45, 7) is 0.662. The van der Waals surface area contributed by atoms with Gasteiger partial charge in [-0.1, -0.05) is 24.3 Å². The fraction of sp³-hybridized carbons (Fsp3) is 0.455. The van der Waals surface area contributed by atoms with Gasteiger partial charge >= 0.3 is 0 Å². The van der Waals surface area contributed by atoms with E-state index in [1.54, 1.807) is 0 Å². The molecule has 0 aliphatic heterocycles. The summed E-state index contributed by atoms with van der Waals surface area (Å²) in [5.41, 5.74) is 2.30. The Kier molecular flexibility index (Phi) is 2.54. The molecule has 0 atom stereocenters. The quantitative estimate of drug-likeness (QED) is 0.704. The highest BCUT2D eigenvalue weighted by Gasteiger charge is 2.43. The van der Waals surface area contributed by atoms with E-state index >= 15 is 0 Å². The maximum atomic E-state index is 9.27. The summed E-state index contributed by atoms with van der Waals surface area (Å²) in [5.74, 6) is 5.02. The van der Waals surface area contributed by atoms with Crippen LogP contribution in [-0.2, 0) is 16.9 Å². The molecule has 1 saturated carbocycles. The van der Waals surface area contributed by atoms with Crippen LogP contribution >= 0.6 is 0 Å². The molecule has 0 heterocycles. The van der Waals surface area contributed by atoms with E-state index in [4.69, 9.17) is 5.90 Å². The molecule has 0 bridgehead atoms. The molecule has 14 heavy (non-hydrogen) atoms. The van der Waals surface area contributed by atoms with Gasteiger partial charge in [0.15, 0.2) is 0 Å². The van der Waals surface area contributed by atoms with E-state index in [9.17, 15) is 5.11 Å². The van der Waals surface area contributed by atoms with Gasteiger partial charge in [0.1, 0.15) is 0 Å². The van der Waals surface area contributed by atoms with Crippen LogP contribution in [-0.4, -0.2) is 11.7 Å². The first-order valence-electron chi connectivity index (χ1n) is 4.83. The van der Waals surface area contributed by atoms with Crippen molar-refractivity contribution in [3.63, 3.8) is 0 Å². The predicted molar refractivity (Wildman–Crippen MR) is 53.4 cm³/mol. The van der Waals surface area contributed by atoms with Gasteiger partial charge in [-0.15, -0.1) is 0 Å². The summed E-state index contributed by atoms with van der Waals surface area (Å²) in [6, 6.07) is 8.09. The second-order valence-corrected chi connectivity index (χ2v) is 3.95. The van der Waals surface area contributed by atoms with Crippen molar-refractivity contribution < 1.29 is 9.94 Å². The van der Waals surface area contributed by atoms with Gasteiger partial charge in [-0.3, -0.25) is 4.84 Å². The van der Waals surface area contributed by atoms with Crippen LogP contribution in [0.15, 0.2) is 24.3 Å². The molecule has 1 fully saturated rings. The summed E-state index contributed by atoms with van der Waals surface area (Å²) in [4.78, 5) is 4.59. The molecule has 1 aromatic rings. The third-order valence-electron chi connectivity index (χ3n) is 2.95. The van der Waals surface area contributed by atoms with Crippen molar-refractivity contribution in [1.82, 2.24) is 0 Å². The molecule has 1 aromatic carbocycles. The molecule has 0 spiro atoms. The molecule has 3 N–H and O–H groups in total. The van der Waals surface area contributed by atoms with Gasteiger partial charge in [0.05, 0.1) is 13.2 Å². The Morgan fingerprint density at radius 1 is 1.43 bits per heavy atom. The zero-order chi connectivity index (χ0) is 10.0. The standard InChI is InChI=1S/C11H15NO2/c12-14-7-9-2-1-3-10(6-9)11(8-13)4-5-11/h1-3,6,13H,4-5,7-8,12H2. The number of aliphatic hydroxyl groups is 1. The highest BCUT2D eigenvalue weighted by Crippen LogP contribution is 2.47. The highest BCUT2D eigenvalue weighted by atomic mass is 16.6. The highest BCUT2D eigenvalue weighted by molar-refractivity contribution is 5.34. The van der Waals surface area contributed by atoms with E-state index in [1.807, 2.05) is 12.1 Å². The Hall–Kier alpha value is -0.900. The van der Waals surface area contributed by atoms with Gasteiger partial charge in [0.25, 0.3) is 0 Å². The van der Waals surface area contributed by atoms with E-state index in [1.165, 1.54) is 5.56 Å². The molecule has 76 valence electrons. The molecular weight excluding hydrogens is 178 g/mol. The van der Waals surface area contributed by atoms with Crippen molar-refractivity contribution >= 4 is 0 Å². The Balaban J connectivity index is 2.22. The average molecular weight is 193 g/mol. The van der Waals surface area contributed by atoms with Crippen LogP contribution in [0.4, 0.5) is 0 Å². The molecular formula is C11H15NO2. The van der Waals surface area contributed by atoms with E-state index in [2.05, 4.69) is 17.0 Å². The zero-order valence-corrected chi connectivity index (χ0v) is 8.07. The molecule has 0 aromatic heterocycles. The van der Waals surface area contributed by atoms with Crippen LogP contribution in [0.2, 0.25) is 0 Å². The van der Waals surface area contributed by atoms with Gasteiger partial charge < -0.3 is 5.11 Å². The zero-order valence-electron chi connectivity index (χ0n) is 8.07. The number of aliphatic hydroxyl groups excluding tert-OH is 1. The van der Waals surface area contributed by atoms with Crippen LogP contribution in [0, 0.1) is 0 Å².